The van der Waals surface area contributed by atoms with E-state index >= 15 is 0 Å². The van der Waals surface area contributed by atoms with E-state index in [1.54, 1.807) is 6.92 Å². The van der Waals surface area contributed by atoms with Gasteiger partial charge < -0.3 is 4.74 Å². The third-order valence-electron chi connectivity index (χ3n) is 1.74. The number of nitrogens with zero attached hydrogens (tertiary/aromatic N) is 2. The summed E-state index contributed by atoms with van der Waals surface area (Å²) in [6.45, 7) is 3.40. The van der Waals surface area contributed by atoms with E-state index in [1.807, 2.05) is 0 Å². The molecule has 0 amide bonds. The summed E-state index contributed by atoms with van der Waals surface area (Å²) >= 11 is 0. The van der Waals surface area contributed by atoms with E-state index in [-0.39, 0.29) is 23.7 Å². The number of carbonyl (C=O) groups excluding carboxylic acids is 1. The molecule has 0 N–H and O–H groups in total. The summed E-state index contributed by atoms with van der Waals surface area (Å²) in [4.78, 5) is 25.0. The molecule has 1 aromatic rings. The van der Waals surface area contributed by atoms with Gasteiger partial charge >= 0.3 is 5.97 Å². The SMILES string of the molecule is CCOC(=O)c1ccc([N+](=O)[O-])c(C)n1. The molecule has 0 atom stereocenters. The molecule has 1 aromatic heterocycles. The van der Waals surface area contributed by atoms with Crippen LogP contribution in [0, 0.1) is 17.0 Å². The lowest BCUT2D eigenvalue weighted by molar-refractivity contribution is -0.385. The van der Waals surface area contributed by atoms with Crippen LogP contribution in [0.4, 0.5) is 5.69 Å². The van der Waals surface area contributed by atoms with Crippen LogP contribution in [0.3, 0.4) is 0 Å². The van der Waals surface area contributed by atoms with Crippen LogP contribution in [-0.4, -0.2) is 22.5 Å². The normalized spacial score (nSPS) is 9.73. The number of pyridine rings is 1. The summed E-state index contributed by atoms with van der Waals surface area (Å²) in [6, 6.07) is 2.53. The molecule has 0 saturated heterocycles. The fraction of sp³-hybridized carbons (Fsp3) is 0.333. The predicted octanol–water partition coefficient (Wildman–Crippen LogP) is 1.47. The van der Waals surface area contributed by atoms with Crippen molar-refractivity contribution in [3.8, 4) is 0 Å². The molecule has 0 spiro atoms. The summed E-state index contributed by atoms with van der Waals surface area (Å²) in [5, 5.41) is 10.5. The molecular formula is C9H10N2O4. The van der Waals surface area contributed by atoms with Gasteiger partial charge in [-0.25, -0.2) is 9.78 Å². The molecule has 0 aromatic carbocycles. The molecule has 6 nitrogen and oxygen atoms in total. The molecule has 0 saturated carbocycles. The molecule has 0 unspecified atom stereocenters. The second-order valence-corrected chi connectivity index (χ2v) is 2.78. The van der Waals surface area contributed by atoms with Crippen molar-refractivity contribution in [3.05, 3.63) is 33.6 Å². The van der Waals surface area contributed by atoms with Crippen LogP contribution in [0.15, 0.2) is 12.1 Å². The standard InChI is InChI=1S/C9H10N2O4/c1-3-15-9(12)7-4-5-8(11(13)14)6(2)10-7/h4-5H,3H2,1-2H3. The van der Waals surface area contributed by atoms with E-state index < -0.39 is 10.9 Å². The zero-order valence-corrected chi connectivity index (χ0v) is 8.39. The summed E-state index contributed by atoms with van der Waals surface area (Å²) in [6.07, 6.45) is 0. The zero-order valence-electron chi connectivity index (χ0n) is 8.39. The van der Waals surface area contributed by atoms with Crippen LogP contribution in [-0.2, 0) is 4.74 Å². The maximum absolute atomic E-state index is 11.2. The first-order valence-electron chi connectivity index (χ1n) is 4.35. The van der Waals surface area contributed by atoms with Gasteiger partial charge in [0.15, 0.2) is 0 Å². The topological polar surface area (TPSA) is 82.3 Å². The second kappa shape index (κ2) is 4.50. The van der Waals surface area contributed by atoms with Crippen molar-refractivity contribution in [2.24, 2.45) is 0 Å². The first-order valence-corrected chi connectivity index (χ1v) is 4.35. The predicted molar refractivity (Wildman–Crippen MR) is 51.6 cm³/mol. The van der Waals surface area contributed by atoms with Crippen LogP contribution in [0.5, 0.6) is 0 Å². The molecule has 0 aliphatic rings. The monoisotopic (exact) mass is 210 g/mol. The van der Waals surface area contributed by atoms with Crippen LogP contribution in [0.1, 0.15) is 23.1 Å². The summed E-state index contributed by atoms with van der Waals surface area (Å²) < 4.78 is 4.71. The lowest BCUT2D eigenvalue weighted by Gasteiger charge is -2.01. The highest BCUT2D eigenvalue weighted by Crippen LogP contribution is 2.15. The number of rotatable bonds is 3. The van der Waals surface area contributed by atoms with Gasteiger partial charge in [0.25, 0.3) is 5.69 Å². The van der Waals surface area contributed by atoms with E-state index in [0.29, 0.717) is 0 Å². The van der Waals surface area contributed by atoms with Gasteiger partial charge in [-0.1, -0.05) is 0 Å². The zero-order chi connectivity index (χ0) is 11.4. The van der Waals surface area contributed by atoms with E-state index in [0.717, 1.165) is 0 Å². The first-order chi connectivity index (χ1) is 7.06. The molecule has 0 bridgehead atoms. The summed E-state index contributed by atoms with van der Waals surface area (Å²) in [7, 11) is 0. The molecule has 80 valence electrons. The highest BCUT2D eigenvalue weighted by molar-refractivity contribution is 5.87. The van der Waals surface area contributed by atoms with E-state index in [4.69, 9.17) is 4.74 Å². The number of esters is 1. The Kier molecular flexibility index (Phi) is 3.33. The van der Waals surface area contributed by atoms with Crippen molar-refractivity contribution in [3.63, 3.8) is 0 Å². The van der Waals surface area contributed by atoms with Gasteiger partial charge in [-0.05, 0) is 19.9 Å². The molecule has 0 aliphatic carbocycles. The van der Waals surface area contributed by atoms with Crippen LogP contribution in [0.25, 0.3) is 0 Å². The van der Waals surface area contributed by atoms with Gasteiger partial charge in [-0.2, -0.15) is 0 Å². The molecule has 0 radical (unpaired) electrons. The second-order valence-electron chi connectivity index (χ2n) is 2.78. The fourth-order valence-corrected chi connectivity index (χ4v) is 1.07. The van der Waals surface area contributed by atoms with Crippen LogP contribution < -0.4 is 0 Å². The Hall–Kier alpha value is -1.98. The number of aryl methyl sites for hydroxylation is 1. The Morgan fingerprint density at radius 1 is 1.60 bits per heavy atom. The van der Waals surface area contributed by atoms with Crippen molar-refractivity contribution in [2.75, 3.05) is 6.61 Å². The lowest BCUT2D eigenvalue weighted by atomic mass is 10.2. The number of ether oxygens (including phenoxy) is 1. The average Bonchev–Trinajstić information content (AvgIpc) is 2.17. The highest BCUT2D eigenvalue weighted by atomic mass is 16.6. The third-order valence-corrected chi connectivity index (χ3v) is 1.74. The van der Waals surface area contributed by atoms with Gasteiger partial charge in [-0.3, -0.25) is 10.1 Å². The molecule has 0 aliphatic heterocycles. The molecule has 1 rings (SSSR count). The Morgan fingerprint density at radius 2 is 2.27 bits per heavy atom. The number of nitro groups is 1. The van der Waals surface area contributed by atoms with E-state index in [2.05, 4.69) is 4.98 Å². The number of hydrogen-bond acceptors (Lipinski definition) is 5. The lowest BCUT2D eigenvalue weighted by Crippen LogP contribution is -2.08. The van der Waals surface area contributed by atoms with Crippen molar-refractivity contribution < 1.29 is 14.5 Å². The number of carbonyl (C=O) groups is 1. The highest BCUT2D eigenvalue weighted by Gasteiger charge is 2.15. The maximum atomic E-state index is 11.2. The minimum Gasteiger partial charge on any atom is -0.461 e. The quantitative estimate of drug-likeness (QED) is 0.428. The fourth-order valence-electron chi connectivity index (χ4n) is 1.07. The Bertz CT molecular complexity index is 403. The molecule has 1 heterocycles. The Balaban J connectivity index is 3.01. The van der Waals surface area contributed by atoms with Crippen molar-refractivity contribution >= 4 is 11.7 Å². The molecule has 0 fully saturated rings. The minimum atomic E-state index is -0.574. The van der Waals surface area contributed by atoms with Crippen molar-refractivity contribution in [1.82, 2.24) is 4.98 Å². The largest absolute Gasteiger partial charge is 0.461 e. The van der Waals surface area contributed by atoms with Gasteiger partial charge in [0, 0.05) is 6.07 Å². The molecule has 15 heavy (non-hydrogen) atoms. The average molecular weight is 210 g/mol. The van der Waals surface area contributed by atoms with Crippen LogP contribution in [0.2, 0.25) is 0 Å². The van der Waals surface area contributed by atoms with Gasteiger partial charge in [0.1, 0.15) is 11.4 Å². The Labute approximate surface area is 86.0 Å². The Morgan fingerprint density at radius 3 is 2.73 bits per heavy atom. The molecule has 6 heteroatoms. The third kappa shape index (κ3) is 2.49. The van der Waals surface area contributed by atoms with E-state index in [9.17, 15) is 14.9 Å². The summed E-state index contributed by atoms with van der Waals surface area (Å²) in [5.41, 5.74) is 0.175. The van der Waals surface area contributed by atoms with Gasteiger partial charge in [-0.15, -0.1) is 0 Å². The van der Waals surface area contributed by atoms with Gasteiger partial charge in [0.05, 0.1) is 11.5 Å². The van der Waals surface area contributed by atoms with Crippen molar-refractivity contribution in [1.29, 1.82) is 0 Å². The van der Waals surface area contributed by atoms with Gasteiger partial charge in [0.2, 0.25) is 0 Å². The maximum Gasteiger partial charge on any atom is 0.356 e. The number of aromatic nitrogens is 1. The van der Waals surface area contributed by atoms with Crippen molar-refractivity contribution in [2.45, 2.75) is 13.8 Å². The summed E-state index contributed by atoms with van der Waals surface area (Å²) in [5.74, 6) is -0.574. The smallest absolute Gasteiger partial charge is 0.356 e. The first kappa shape index (κ1) is 11.1. The van der Waals surface area contributed by atoms with E-state index in [1.165, 1.54) is 19.1 Å². The minimum absolute atomic E-state index is 0.0833. The molecular weight excluding hydrogens is 200 g/mol. The van der Waals surface area contributed by atoms with Crippen LogP contribution >= 0.6 is 0 Å². The number of hydrogen-bond donors (Lipinski definition) is 0.